The van der Waals surface area contributed by atoms with Crippen LogP contribution >= 0.6 is 0 Å². The Labute approximate surface area is 260 Å². The molecule has 1 aliphatic carbocycles. The number of nitrogens with zero attached hydrogens (tertiary/aromatic N) is 2. The molecule has 0 saturated carbocycles. The lowest BCUT2D eigenvalue weighted by Gasteiger charge is -2.45. The van der Waals surface area contributed by atoms with E-state index in [-0.39, 0.29) is 28.2 Å². The number of hydrogen-bond acceptors (Lipinski definition) is 6. The molecule has 44 heavy (non-hydrogen) atoms. The maximum absolute atomic E-state index is 13.4. The van der Waals surface area contributed by atoms with Crippen molar-refractivity contribution in [3.05, 3.63) is 63.7 Å². The van der Waals surface area contributed by atoms with E-state index in [0.717, 1.165) is 66.0 Å². The molecule has 10 heteroatoms. The molecule has 5 rings (SSSR count). The minimum Gasteiger partial charge on any atom is -0.410 e. The predicted octanol–water partition coefficient (Wildman–Crippen LogP) is 8.31. The minimum atomic E-state index is -4.52. The van der Waals surface area contributed by atoms with Crippen molar-refractivity contribution in [2.75, 3.05) is 26.4 Å². The Kier molecular flexibility index (Phi) is 9.25. The molecule has 6 nitrogen and oxygen atoms in total. The smallest absolute Gasteiger partial charge is 0.410 e. The molecule has 0 spiro atoms. The molecule has 0 aromatic carbocycles. The number of halogens is 3. The van der Waals surface area contributed by atoms with Crippen molar-refractivity contribution in [1.82, 2.24) is 9.97 Å². The Morgan fingerprint density at radius 2 is 1.77 bits per heavy atom. The second-order valence-electron chi connectivity index (χ2n) is 14.9. The largest absolute Gasteiger partial charge is 0.417 e. The summed E-state index contributed by atoms with van der Waals surface area (Å²) in [4.78, 5) is 9.54. The van der Waals surface area contributed by atoms with E-state index < -0.39 is 26.2 Å². The van der Waals surface area contributed by atoms with Crippen molar-refractivity contribution >= 4 is 13.9 Å². The summed E-state index contributed by atoms with van der Waals surface area (Å²) in [5, 5.41) is 12.1. The minimum absolute atomic E-state index is 0.0190. The van der Waals surface area contributed by atoms with Crippen molar-refractivity contribution in [3.8, 4) is 0 Å². The first-order valence-electron chi connectivity index (χ1n) is 15.8. The van der Waals surface area contributed by atoms with Crippen LogP contribution in [0.2, 0.25) is 18.1 Å². The van der Waals surface area contributed by atoms with Gasteiger partial charge in [-0.3, -0.25) is 9.97 Å². The highest BCUT2D eigenvalue weighted by atomic mass is 28.4. The zero-order chi connectivity index (χ0) is 32.1. The van der Waals surface area contributed by atoms with E-state index in [2.05, 4.69) is 58.8 Å². The van der Waals surface area contributed by atoms with Gasteiger partial charge in [0.1, 0.15) is 6.10 Å². The molecule has 0 bridgehead atoms. The number of aromatic nitrogens is 2. The van der Waals surface area contributed by atoms with Crippen LogP contribution in [0.4, 0.5) is 13.2 Å². The van der Waals surface area contributed by atoms with Crippen LogP contribution in [-0.2, 0) is 26.5 Å². The molecule has 0 amide bonds. The molecule has 2 aromatic rings. The number of ether oxygens (including phenoxy) is 2. The summed E-state index contributed by atoms with van der Waals surface area (Å²) in [6, 6.07) is 2.28. The third-order valence-electron chi connectivity index (χ3n) is 9.89. The molecule has 242 valence electrons. The van der Waals surface area contributed by atoms with Gasteiger partial charge in [0, 0.05) is 42.1 Å². The molecule has 2 aliphatic heterocycles. The van der Waals surface area contributed by atoms with Crippen LogP contribution in [0.15, 0.2) is 24.4 Å². The van der Waals surface area contributed by atoms with Crippen LogP contribution in [0.25, 0.3) is 5.57 Å². The Bertz CT molecular complexity index is 1380. The molecule has 0 radical (unpaired) electrons. The number of aliphatic hydroxyl groups excluding tert-OH is 1. The van der Waals surface area contributed by atoms with Crippen molar-refractivity contribution in [1.29, 1.82) is 0 Å². The van der Waals surface area contributed by atoms with E-state index >= 15 is 0 Å². The van der Waals surface area contributed by atoms with E-state index in [4.69, 9.17) is 18.9 Å². The van der Waals surface area contributed by atoms with Gasteiger partial charge in [0.05, 0.1) is 36.3 Å². The molecular formula is C34H47F3N2O4Si. The predicted molar refractivity (Wildman–Crippen MR) is 167 cm³/mol. The molecule has 3 aliphatic rings. The molecule has 4 heterocycles. The second kappa shape index (κ2) is 12.2. The Morgan fingerprint density at radius 1 is 1.07 bits per heavy atom. The summed E-state index contributed by atoms with van der Waals surface area (Å²) in [5.74, 6) is 0.0390. The highest BCUT2D eigenvalue weighted by Gasteiger charge is 2.45. The average Bonchev–Trinajstić information content (AvgIpc) is 2.95. The van der Waals surface area contributed by atoms with Crippen LogP contribution in [0, 0.1) is 5.41 Å². The monoisotopic (exact) mass is 632 g/mol. The van der Waals surface area contributed by atoms with Crippen LogP contribution < -0.4 is 0 Å². The van der Waals surface area contributed by atoms with Gasteiger partial charge in [-0.25, -0.2) is 0 Å². The van der Waals surface area contributed by atoms with Gasteiger partial charge in [-0.05, 0) is 78.9 Å². The first kappa shape index (κ1) is 33.3. The van der Waals surface area contributed by atoms with Crippen molar-refractivity contribution in [2.24, 2.45) is 5.41 Å². The third kappa shape index (κ3) is 6.84. The lowest BCUT2D eigenvalue weighted by molar-refractivity contribution is -0.137. The first-order chi connectivity index (χ1) is 20.5. The topological polar surface area (TPSA) is 73.7 Å². The molecule has 0 unspecified atom stereocenters. The quantitative estimate of drug-likeness (QED) is 0.323. The van der Waals surface area contributed by atoms with Gasteiger partial charge < -0.3 is 19.0 Å². The summed E-state index contributed by atoms with van der Waals surface area (Å²) in [6.07, 6.45) is 0.575. The van der Waals surface area contributed by atoms with Gasteiger partial charge in [-0.2, -0.15) is 13.2 Å². The third-order valence-corrected chi connectivity index (χ3v) is 14.4. The summed E-state index contributed by atoms with van der Waals surface area (Å²) < 4.78 is 58.9. The summed E-state index contributed by atoms with van der Waals surface area (Å²) in [7, 11) is -2.24. The fraction of sp³-hybridized carbons (Fsp3) is 0.647. The number of fused-ring (bicyclic) bond motifs is 1. The van der Waals surface area contributed by atoms with Crippen molar-refractivity contribution in [3.63, 3.8) is 0 Å². The number of rotatable bonds is 6. The van der Waals surface area contributed by atoms with E-state index in [9.17, 15) is 18.3 Å². The van der Waals surface area contributed by atoms with Gasteiger partial charge in [0.25, 0.3) is 0 Å². The Hall–Kier alpha value is -2.11. The fourth-order valence-corrected chi connectivity index (χ4v) is 7.74. The lowest BCUT2D eigenvalue weighted by Crippen LogP contribution is -2.44. The molecular weight excluding hydrogens is 585 g/mol. The number of aliphatic hydroxyl groups is 1. The SMILES string of the molecule is CC1(C)Cc2nc(C3CCOCC3)c([C@@H](O)c3ccc(C(F)(F)F)cn3)c(C3=CCOCC3)c2[C@@H](O[Si](C)(C)C(C)(C)C)C1. The first-order valence-corrected chi connectivity index (χ1v) is 18.7. The van der Waals surface area contributed by atoms with Gasteiger partial charge in [-0.15, -0.1) is 0 Å². The van der Waals surface area contributed by atoms with Crippen LogP contribution in [0.1, 0.15) is 118 Å². The lowest BCUT2D eigenvalue weighted by atomic mass is 9.71. The number of pyridine rings is 2. The molecule has 2 atom stereocenters. The fourth-order valence-electron chi connectivity index (χ4n) is 6.47. The van der Waals surface area contributed by atoms with E-state index in [1.54, 1.807) is 0 Å². The molecule has 2 aromatic heterocycles. The molecule has 1 N–H and O–H groups in total. The van der Waals surface area contributed by atoms with Crippen molar-refractivity contribution < 1.29 is 32.2 Å². The average molecular weight is 633 g/mol. The standard InChI is InChI=1S/C34H47F3N2O4Si/c1-32(2,3)44(6,7)43-26-19-33(4,5)18-25-28(26)27(21-10-14-41-15-11-21)29(30(39-25)22-12-16-42-17-13-22)31(40)24-9-8-23(20-38-24)34(35,36)37/h8-10,20,22,26,31,40H,11-19H2,1-7H3/t26-,31-/m0/s1. The summed E-state index contributed by atoms with van der Waals surface area (Å²) >= 11 is 0. The van der Waals surface area contributed by atoms with Crippen LogP contribution in [-0.4, -0.2) is 49.8 Å². The van der Waals surface area contributed by atoms with Crippen LogP contribution in [0.3, 0.4) is 0 Å². The van der Waals surface area contributed by atoms with Gasteiger partial charge in [0.15, 0.2) is 8.32 Å². The van der Waals surface area contributed by atoms with E-state index in [0.29, 0.717) is 38.4 Å². The van der Waals surface area contributed by atoms with E-state index in [1.165, 1.54) is 6.07 Å². The molecule has 1 fully saturated rings. The number of alkyl halides is 3. The van der Waals surface area contributed by atoms with E-state index in [1.807, 2.05) is 0 Å². The normalized spacial score (nSPS) is 22.3. The molecule has 1 saturated heterocycles. The Balaban J connectivity index is 1.78. The zero-order valence-corrected chi connectivity index (χ0v) is 28.1. The van der Waals surface area contributed by atoms with Gasteiger partial charge in [0.2, 0.25) is 0 Å². The highest BCUT2D eigenvalue weighted by Crippen LogP contribution is 2.52. The van der Waals surface area contributed by atoms with Gasteiger partial charge in [-0.1, -0.05) is 40.7 Å². The van der Waals surface area contributed by atoms with Crippen LogP contribution in [0.5, 0.6) is 0 Å². The maximum atomic E-state index is 13.4. The van der Waals surface area contributed by atoms with Gasteiger partial charge >= 0.3 is 6.18 Å². The zero-order valence-electron chi connectivity index (χ0n) is 27.1. The maximum Gasteiger partial charge on any atom is 0.417 e. The number of hydrogen-bond donors (Lipinski definition) is 1. The summed E-state index contributed by atoms with van der Waals surface area (Å²) in [5.41, 5.74) is 4.69. The summed E-state index contributed by atoms with van der Waals surface area (Å²) in [6.45, 7) is 17.9. The van der Waals surface area contributed by atoms with Crippen molar-refractivity contribution in [2.45, 2.75) is 109 Å². The highest BCUT2D eigenvalue weighted by molar-refractivity contribution is 6.74. The second-order valence-corrected chi connectivity index (χ2v) is 19.6. The Morgan fingerprint density at radius 3 is 2.34 bits per heavy atom.